The summed E-state index contributed by atoms with van der Waals surface area (Å²) in [6.45, 7) is 3.45. The van der Waals surface area contributed by atoms with Crippen LogP contribution in [0.15, 0.2) is 54.9 Å². The topological polar surface area (TPSA) is 90.4 Å². The van der Waals surface area contributed by atoms with Gasteiger partial charge in [-0.15, -0.1) is 0 Å². The van der Waals surface area contributed by atoms with E-state index in [2.05, 4.69) is 20.6 Å². The Morgan fingerprint density at radius 3 is 2.30 bits per heavy atom. The molecule has 2 amide bonds. The van der Waals surface area contributed by atoms with Gasteiger partial charge < -0.3 is 15.7 Å². The first kappa shape index (κ1) is 21.8. The van der Waals surface area contributed by atoms with E-state index >= 15 is 0 Å². The zero-order valence-electron chi connectivity index (χ0n) is 16.6. The summed E-state index contributed by atoms with van der Waals surface area (Å²) in [5.41, 5.74) is 0.993. The number of hydrogen-bond donors (Lipinski definition) is 3. The fraction of sp³-hybridized carbons (Fsp3) is 0.190. The quantitative estimate of drug-likeness (QED) is 0.487. The Kier molecular flexibility index (Phi) is 6.45. The molecule has 0 fully saturated rings. The molecule has 2 aromatic carbocycles. The van der Waals surface area contributed by atoms with Crippen LogP contribution >= 0.6 is 23.2 Å². The summed E-state index contributed by atoms with van der Waals surface area (Å²) in [4.78, 5) is 22.3. The van der Waals surface area contributed by atoms with Crippen LogP contribution in [-0.4, -0.2) is 28.2 Å². The van der Waals surface area contributed by atoms with Gasteiger partial charge in [0.15, 0.2) is 0 Å². The number of nitrogens with zero attached hydrogens (tertiary/aromatic N) is 3. The lowest BCUT2D eigenvalue weighted by Crippen LogP contribution is -2.32. The number of carbonyl (C=O) groups is 1. The molecule has 0 radical (unpaired) electrons. The van der Waals surface area contributed by atoms with Gasteiger partial charge in [0.05, 0.1) is 21.3 Å². The average Bonchev–Trinajstić information content (AvgIpc) is 2.70. The van der Waals surface area contributed by atoms with E-state index in [0.29, 0.717) is 27.4 Å². The molecule has 3 N–H and O–H groups in total. The second kappa shape index (κ2) is 8.87. The van der Waals surface area contributed by atoms with Crippen molar-refractivity contribution < 1.29 is 9.90 Å². The second-order valence-corrected chi connectivity index (χ2v) is 7.92. The Morgan fingerprint density at radius 2 is 1.70 bits per heavy atom. The zero-order valence-corrected chi connectivity index (χ0v) is 18.2. The Balaban J connectivity index is 1.73. The van der Waals surface area contributed by atoms with Crippen molar-refractivity contribution in [2.75, 3.05) is 22.6 Å². The molecule has 1 aromatic heterocycles. The van der Waals surface area contributed by atoms with Crippen molar-refractivity contribution in [3.63, 3.8) is 0 Å². The highest BCUT2D eigenvalue weighted by atomic mass is 35.5. The predicted octanol–water partition coefficient (Wildman–Crippen LogP) is 5.42. The van der Waals surface area contributed by atoms with Crippen LogP contribution < -0.4 is 15.5 Å². The highest BCUT2D eigenvalue weighted by Gasteiger charge is 2.17. The lowest BCUT2D eigenvalue weighted by atomic mass is 9.98. The van der Waals surface area contributed by atoms with E-state index in [0.717, 1.165) is 11.3 Å². The molecule has 0 saturated carbocycles. The first-order valence-corrected chi connectivity index (χ1v) is 9.81. The van der Waals surface area contributed by atoms with Crippen LogP contribution in [0.4, 0.5) is 27.8 Å². The van der Waals surface area contributed by atoms with Crippen LogP contribution in [0.2, 0.25) is 10.0 Å². The Bertz CT molecular complexity index is 1030. The lowest BCUT2D eigenvalue weighted by Gasteiger charge is -2.19. The summed E-state index contributed by atoms with van der Waals surface area (Å²) in [5, 5.41) is 16.6. The van der Waals surface area contributed by atoms with Crippen LogP contribution in [0, 0.1) is 0 Å². The molecule has 7 nitrogen and oxygen atoms in total. The third kappa shape index (κ3) is 5.18. The number of aromatic nitrogens is 2. The van der Waals surface area contributed by atoms with Crippen molar-refractivity contribution in [3.8, 4) is 0 Å². The van der Waals surface area contributed by atoms with E-state index in [1.54, 1.807) is 45.2 Å². The first-order chi connectivity index (χ1) is 14.1. The monoisotopic (exact) mass is 445 g/mol. The lowest BCUT2D eigenvalue weighted by molar-refractivity contribution is 0.0786. The minimum absolute atomic E-state index is 0.331. The van der Waals surface area contributed by atoms with Gasteiger partial charge in [-0.2, -0.15) is 0 Å². The van der Waals surface area contributed by atoms with Gasteiger partial charge in [0.1, 0.15) is 18.0 Å². The maximum Gasteiger partial charge on any atom is 0.327 e. The van der Waals surface area contributed by atoms with Gasteiger partial charge >= 0.3 is 6.03 Å². The molecule has 0 atom stereocenters. The normalized spacial score (nSPS) is 11.1. The third-order valence-electron chi connectivity index (χ3n) is 4.36. The number of rotatable bonds is 5. The summed E-state index contributed by atoms with van der Waals surface area (Å²) in [5.74, 6) is 0.882. The summed E-state index contributed by atoms with van der Waals surface area (Å²) in [6, 6.07) is 13.5. The fourth-order valence-electron chi connectivity index (χ4n) is 2.62. The number of nitrogens with one attached hydrogen (secondary N) is 2. The van der Waals surface area contributed by atoms with E-state index in [-0.39, 0.29) is 0 Å². The smallest absolute Gasteiger partial charge is 0.327 e. The number of para-hydroxylation sites is 1. The number of amides is 2. The van der Waals surface area contributed by atoms with Gasteiger partial charge in [-0.3, -0.25) is 4.90 Å². The summed E-state index contributed by atoms with van der Waals surface area (Å²) in [7, 11) is 1.57. The number of carbonyl (C=O) groups excluding carboxylic acids is 1. The molecule has 0 aliphatic carbocycles. The predicted molar refractivity (Wildman–Crippen MR) is 121 cm³/mol. The number of halogens is 2. The highest BCUT2D eigenvalue weighted by molar-refractivity contribution is 6.39. The Hall–Kier alpha value is -2.87. The molecule has 3 aromatic rings. The largest absolute Gasteiger partial charge is 0.386 e. The van der Waals surface area contributed by atoms with Crippen molar-refractivity contribution in [1.82, 2.24) is 9.97 Å². The average molecular weight is 446 g/mol. The molecule has 0 bridgehead atoms. The number of anilines is 4. The number of hydrogen-bond acceptors (Lipinski definition) is 5. The molecule has 0 unspecified atom stereocenters. The summed E-state index contributed by atoms with van der Waals surface area (Å²) in [6.07, 6.45) is 1.36. The Morgan fingerprint density at radius 1 is 1.07 bits per heavy atom. The maximum atomic E-state index is 12.6. The van der Waals surface area contributed by atoms with Crippen molar-refractivity contribution in [2.45, 2.75) is 19.4 Å². The molecular formula is C21H21Cl2N5O2. The van der Waals surface area contributed by atoms with E-state index in [1.165, 1.54) is 11.2 Å². The number of urea groups is 1. The molecular weight excluding hydrogens is 425 g/mol. The molecule has 9 heteroatoms. The SMILES string of the molecule is CN(C(=O)Nc1c(Cl)cccc1Cl)c1cc(Nc2ccc(C(C)(C)O)cc2)ncn1. The molecule has 0 spiro atoms. The highest BCUT2D eigenvalue weighted by Crippen LogP contribution is 2.30. The van der Waals surface area contributed by atoms with Gasteiger partial charge in [-0.1, -0.05) is 41.4 Å². The van der Waals surface area contributed by atoms with Crippen molar-refractivity contribution in [1.29, 1.82) is 0 Å². The van der Waals surface area contributed by atoms with Crippen molar-refractivity contribution in [3.05, 3.63) is 70.5 Å². The van der Waals surface area contributed by atoms with Crippen LogP contribution in [0.5, 0.6) is 0 Å². The maximum absolute atomic E-state index is 12.6. The number of benzene rings is 2. The van der Waals surface area contributed by atoms with E-state index in [4.69, 9.17) is 23.2 Å². The Labute approximate surface area is 184 Å². The first-order valence-electron chi connectivity index (χ1n) is 9.06. The summed E-state index contributed by atoms with van der Waals surface area (Å²) >= 11 is 12.2. The minimum Gasteiger partial charge on any atom is -0.386 e. The fourth-order valence-corrected chi connectivity index (χ4v) is 3.11. The van der Waals surface area contributed by atoms with Crippen molar-refractivity contribution in [2.24, 2.45) is 0 Å². The molecule has 1 heterocycles. The molecule has 30 heavy (non-hydrogen) atoms. The van der Waals surface area contributed by atoms with Crippen LogP contribution in [0.3, 0.4) is 0 Å². The zero-order chi connectivity index (χ0) is 21.9. The van der Waals surface area contributed by atoms with Gasteiger partial charge in [0.25, 0.3) is 0 Å². The van der Waals surface area contributed by atoms with E-state index in [1.807, 2.05) is 24.3 Å². The molecule has 0 aliphatic heterocycles. The summed E-state index contributed by atoms with van der Waals surface area (Å²) < 4.78 is 0. The van der Waals surface area contributed by atoms with Gasteiger partial charge in [-0.05, 0) is 43.7 Å². The molecule has 0 aliphatic rings. The van der Waals surface area contributed by atoms with Crippen LogP contribution in [0.25, 0.3) is 0 Å². The standard InChI is InChI=1S/C21H21Cl2N5O2/c1-21(2,30)13-7-9-14(10-8-13)26-17-11-18(25-12-24-17)28(3)20(29)27-19-15(22)5-4-6-16(19)23/h4-12,30H,1-3H3,(H,27,29)(H,24,25,26). The third-order valence-corrected chi connectivity index (χ3v) is 4.99. The van der Waals surface area contributed by atoms with Gasteiger partial charge in [0.2, 0.25) is 0 Å². The van der Waals surface area contributed by atoms with Gasteiger partial charge in [-0.25, -0.2) is 14.8 Å². The van der Waals surface area contributed by atoms with Crippen LogP contribution in [-0.2, 0) is 5.60 Å². The molecule has 0 saturated heterocycles. The minimum atomic E-state index is -0.915. The number of aliphatic hydroxyl groups is 1. The molecule has 156 valence electrons. The van der Waals surface area contributed by atoms with Crippen molar-refractivity contribution >= 4 is 52.2 Å². The van der Waals surface area contributed by atoms with E-state index < -0.39 is 11.6 Å². The van der Waals surface area contributed by atoms with Crippen LogP contribution in [0.1, 0.15) is 19.4 Å². The second-order valence-electron chi connectivity index (χ2n) is 7.11. The van der Waals surface area contributed by atoms with Gasteiger partial charge in [0, 0.05) is 18.8 Å². The van der Waals surface area contributed by atoms with E-state index in [9.17, 15) is 9.90 Å². The molecule has 3 rings (SSSR count).